The Bertz CT molecular complexity index is 668. The van der Waals surface area contributed by atoms with Crippen molar-refractivity contribution in [3.8, 4) is 0 Å². The number of hydrogen-bond acceptors (Lipinski definition) is 5. The lowest BCUT2D eigenvalue weighted by atomic mass is 9.86. The quantitative estimate of drug-likeness (QED) is 0.548. The Morgan fingerprint density at radius 3 is 2.25 bits per heavy atom. The zero-order valence-corrected chi connectivity index (χ0v) is 20.6. The third-order valence-corrected chi connectivity index (χ3v) is 7.47. The fraction of sp³-hybridized carbons (Fsp3) is 0.880. The second-order valence-electron chi connectivity index (χ2n) is 10.9. The maximum absolute atomic E-state index is 13.7. The Labute approximate surface area is 193 Å². The van der Waals surface area contributed by atoms with E-state index in [2.05, 4.69) is 39.9 Å². The summed E-state index contributed by atoms with van der Waals surface area (Å²) in [6.07, 6.45) is 4.39. The van der Waals surface area contributed by atoms with Crippen LogP contribution in [0.25, 0.3) is 0 Å². The number of nitrogens with one attached hydrogen (secondary N) is 1. The van der Waals surface area contributed by atoms with E-state index in [1.807, 2.05) is 9.80 Å². The summed E-state index contributed by atoms with van der Waals surface area (Å²) < 4.78 is 5.47. The minimum Gasteiger partial charge on any atom is -0.465 e. The van der Waals surface area contributed by atoms with Crippen LogP contribution in [0.3, 0.4) is 0 Å². The zero-order chi connectivity index (χ0) is 23.4. The molecule has 7 nitrogen and oxygen atoms in total. The highest BCUT2D eigenvalue weighted by atomic mass is 16.5. The maximum Gasteiger partial charge on any atom is 0.309 e. The van der Waals surface area contributed by atoms with Gasteiger partial charge in [0.1, 0.15) is 6.04 Å². The molecule has 0 aromatic carbocycles. The molecule has 2 aliphatic heterocycles. The molecular weight excluding hydrogens is 406 g/mol. The largest absolute Gasteiger partial charge is 0.465 e. The lowest BCUT2D eigenvalue weighted by Crippen LogP contribution is -2.64. The third kappa shape index (κ3) is 6.24. The van der Waals surface area contributed by atoms with Gasteiger partial charge in [0.25, 0.3) is 0 Å². The van der Waals surface area contributed by atoms with E-state index < -0.39 is 6.04 Å². The molecule has 2 heterocycles. The molecule has 32 heavy (non-hydrogen) atoms. The first-order valence-electron chi connectivity index (χ1n) is 12.7. The molecule has 3 atom stereocenters. The van der Waals surface area contributed by atoms with Crippen LogP contribution in [0, 0.1) is 29.6 Å². The van der Waals surface area contributed by atoms with Gasteiger partial charge in [0.05, 0.1) is 18.6 Å². The molecule has 3 fully saturated rings. The molecule has 2 saturated heterocycles. The highest BCUT2D eigenvalue weighted by Crippen LogP contribution is 2.30. The number of esters is 1. The Morgan fingerprint density at radius 2 is 1.69 bits per heavy atom. The standard InChI is InChI=1S/C25H43N3O4/c1-16(2)14-21-23(29)28(13-10-26-21)22(18(5)17(3)4)24(30)27-11-8-20(9-12-27)25(31)32-15-19-6-7-19/h16-22,26H,6-15H2,1-5H3/t18-,21-,22-/m0/s1. The van der Waals surface area contributed by atoms with Crippen LogP contribution >= 0.6 is 0 Å². The fourth-order valence-electron chi connectivity index (χ4n) is 4.82. The van der Waals surface area contributed by atoms with Crippen LogP contribution in [0.1, 0.15) is 66.7 Å². The number of ether oxygens (including phenoxy) is 1. The first-order chi connectivity index (χ1) is 15.2. The van der Waals surface area contributed by atoms with Gasteiger partial charge in [-0.25, -0.2) is 0 Å². The van der Waals surface area contributed by atoms with Gasteiger partial charge in [-0.3, -0.25) is 14.4 Å². The smallest absolute Gasteiger partial charge is 0.309 e. The number of carbonyl (C=O) groups is 3. The van der Waals surface area contributed by atoms with E-state index in [0.29, 0.717) is 57.5 Å². The van der Waals surface area contributed by atoms with Gasteiger partial charge < -0.3 is 19.9 Å². The minimum absolute atomic E-state index is 0.0366. The van der Waals surface area contributed by atoms with Crippen molar-refractivity contribution in [1.29, 1.82) is 0 Å². The van der Waals surface area contributed by atoms with Gasteiger partial charge in [-0.2, -0.15) is 0 Å². The predicted molar refractivity (Wildman–Crippen MR) is 124 cm³/mol. The van der Waals surface area contributed by atoms with Crippen LogP contribution in [0.5, 0.6) is 0 Å². The number of rotatable bonds is 9. The van der Waals surface area contributed by atoms with Crippen molar-refractivity contribution in [3.63, 3.8) is 0 Å². The van der Waals surface area contributed by atoms with Crippen LogP contribution in [-0.4, -0.2) is 72.5 Å². The average molecular weight is 450 g/mol. The Morgan fingerprint density at radius 1 is 1.03 bits per heavy atom. The van der Waals surface area contributed by atoms with Crippen molar-refractivity contribution in [2.45, 2.75) is 78.8 Å². The van der Waals surface area contributed by atoms with Gasteiger partial charge in [0.2, 0.25) is 11.8 Å². The molecule has 0 unspecified atom stereocenters. The highest BCUT2D eigenvalue weighted by Gasteiger charge is 2.42. The second-order valence-corrected chi connectivity index (χ2v) is 10.9. The van der Waals surface area contributed by atoms with E-state index >= 15 is 0 Å². The molecule has 1 N–H and O–H groups in total. The first kappa shape index (κ1) is 25.0. The van der Waals surface area contributed by atoms with Gasteiger partial charge in [-0.1, -0.05) is 34.6 Å². The monoisotopic (exact) mass is 449 g/mol. The van der Waals surface area contributed by atoms with Gasteiger partial charge in [0.15, 0.2) is 0 Å². The summed E-state index contributed by atoms with van der Waals surface area (Å²) >= 11 is 0. The predicted octanol–water partition coefficient (Wildman–Crippen LogP) is 2.69. The molecule has 3 rings (SSSR count). The Hall–Kier alpha value is -1.63. The molecule has 2 amide bonds. The summed E-state index contributed by atoms with van der Waals surface area (Å²) in [5.74, 6) is 1.18. The maximum atomic E-state index is 13.7. The SMILES string of the molecule is CC(C)C[C@@H]1NCCN([C@H](C(=O)N2CCC(C(=O)OCC3CC3)CC2)[C@@H](C)C(C)C)C1=O. The molecule has 1 saturated carbocycles. The van der Waals surface area contributed by atoms with Crippen molar-refractivity contribution in [3.05, 3.63) is 0 Å². The molecule has 0 radical (unpaired) electrons. The molecule has 0 bridgehead atoms. The fourth-order valence-corrected chi connectivity index (χ4v) is 4.82. The number of carbonyl (C=O) groups excluding carboxylic acids is 3. The molecule has 182 valence electrons. The van der Waals surface area contributed by atoms with Gasteiger partial charge in [0, 0.05) is 26.2 Å². The summed E-state index contributed by atoms with van der Waals surface area (Å²) in [6, 6.07) is -0.664. The van der Waals surface area contributed by atoms with E-state index in [1.165, 1.54) is 12.8 Å². The van der Waals surface area contributed by atoms with E-state index in [1.54, 1.807) is 0 Å². The minimum atomic E-state index is -0.447. The average Bonchev–Trinajstić information content (AvgIpc) is 3.59. The van der Waals surface area contributed by atoms with E-state index in [0.717, 1.165) is 6.42 Å². The van der Waals surface area contributed by atoms with E-state index in [4.69, 9.17) is 4.74 Å². The Balaban J connectivity index is 1.64. The van der Waals surface area contributed by atoms with E-state index in [9.17, 15) is 14.4 Å². The highest BCUT2D eigenvalue weighted by molar-refractivity contribution is 5.90. The molecule has 7 heteroatoms. The summed E-state index contributed by atoms with van der Waals surface area (Å²) in [5, 5.41) is 3.35. The van der Waals surface area contributed by atoms with Gasteiger partial charge in [-0.15, -0.1) is 0 Å². The lowest BCUT2D eigenvalue weighted by molar-refractivity contribution is -0.156. The topological polar surface area (TPSA) is 79.0 Å². The van der Waals surface area contributed by atoms with Crippen molar-refractivity contribution in [2.75, 3.05) is 32.8 Å². The van der Waals surface area contributed by atoms with Crippen molar-refractivity contribution in [2.24, 2.45) is 29.6 Å². The van der Waals surface area contributed by atoms with Crippen LogP contribution in [0.4, 0.5) is 0 Å². The van der Waals surface area contributed by atoms with Crippen molar-refractivity contribution in [1.82, 2.24) is 15.1 Å². The van der Waals surface area contributed by atoms with Crippen molar-refractivity contribution < 1.29 is 19.1 Å². The van der Waals surface area contributed by atoms with Crippen LogP contribution in [0.2, 0.25) is 0 Å². The number of nitrogens with zero attached hydrogens (tertiary/aromatic N) is 2. The second kappa shape index (κ2) is 11.0. The Kier molecular flexibility index (Phi) is 8.59. The van der Waals surface area contributed by atoms with Crippen LogP contribution in [0.15, 0.2) is 0 Å². The molecular formula is C25H43N3O4. The lowest BCUT2D eigenvalue weighted by Gasteiger charge is -2.44. The van der Waals surface area contributed by atoms with Gasteiger partial charge >= 0.3 is 5.97 Å². The van der Waals surface area contributed by atoms with E-state index in [-0.39, 0.29) is 41.6 Å². The first-order valence-corrected chi connectivity index (χ1v) is 12.7. The summed E-state index contributed by atoms with van der Waals surface area (Å²) in [5.41, 5.74) is 0. The molecule has 0 spiro atoms. The number of amides is 2. The molecule has 1 aliphatic carbocycles. The summed E-state index contributed by atoms with van der Waals surface area (Å²) in [4.78, 5) is 43.1. The molecule has 0 aromatic heterocycles. The zero-order valence-electron chi connectivity index (χ0n) is 20.6. The van der Waals surface area contributed by atoms with Crippen LogP contribution < -0.4 is 5.32 Å². The number of likely N-dealkylation sites (tertiary alicyclic amines) is 1. The summed E-state index contributed by atoms with van der Waals surface area (Å²) in [6.45, 7) is 13.5. The molecule has 3 aliphatic rings. The number of piperazine rings is 1. The van der Waals surface area contributed by atoms with Gasteiger partial charge in [-0.05, 0) is 55.8 Å². The number of hydrogen-bond donors (Lipinski definition) is 1. The summed E-state index contributed by atoms with van der Waals surface area (Å²) in [7, 11) is 0. The molecule has 0 aromatic rings. The van der Waals surface area contributed by atoms with Crippen LogP contribution in [-0.2, 0) is 19.1 Å². The van der Waals surface area contributed by atoms with Crippen molar-refractivity contribution >= 4 is 17.8 Å². The normalized spacial score (nSPS) is 24.7. The third-order valence-electron chi connectivity index (χ3n) is 7.47. The number of piperidine rings is 1.